The van der Waals surface area contributed by atoms with Crippen LogP contribution in [0.1, 0.15) is 39.3 Å². The van der Waals surface area contributed by atoms with Crippen LogP contribution in [0.3, 0.4) is 0 Å². The summed E-state index contributed by atoms with van der Waals surface area (Å²) in [5, 5.41) is 27.8. The molecule has 2 saturated carbocycles. The van der Waals surface area contributed by atoms with E-state index in [4.69, 9.17) is 10.3 Å². The number of ketones is 4. The van der Waals surface area contributed by atoms with E-state index in [9.17, 15) is 39.0 Å². The average Bonchev–Trinajstić information content (AvgIpc) is 3.33. The summed E-state index contributed by atoms with van der Waals surface area (Å²) >= 11 is 0. The van der Waals surface area contributed by atoms with Gasteiger partial charge in [0.05, 0.1) is 23.4 Å². The number of fused-ring (bicyclic) bond motifs is 3. The lowest BCUT2D eigenvalue weighted by Gasteiger charge is -2.48. The zero-order chi connectivity index (χ0) is 25.2. The number of aromatic nitrogens is 1. The monoisotopic (exact) mass is 481 g/mol. The van der Waals surface area contributed by atoms with Crippen molar-refractivity contribution in [2.24, 2.45) is 29.4 Å². The number of aliphatic hydroxyl groups is 1. The van der Waals surface area contributed by atoms with E-state index in [1.807, 2.05) is 0 Å². The Kier molecular flexibility index (Phi) is 4.95. The molecular formula is C23H19N3O9. The molecule has 5 atom stereocenters. The first-order valence-electron chi connectivity index (χ1n) is 10.8. The number of carbonyl (C=O) groups excluding carboxylic acids is 6. The van der Waals surface area contributed by atoms with E-state index < -0.39 is 76.4 Å². The fraction of sp³-hybridized carbons (Fsp3) is 0.348. The molecular weight excluding hydrogens is 462 g/mol. The molecule has 1 aromatic carbocycles. The van der Waals surface area contributed by atoms with Crippen molar-refractivity contribution in [3.05, 3.63) is 41.3 Å². The summed E-state index contributed by atoms with van der Waals surface area (Å²) in [5.41, 5.74) is 2.52. The quantitative estimate of drug-likeness (QED) is 0.328. The van der Waals surface area contributed by atoms with Crippen LogP contribution in [0, 0.1) is 23.7 Å². The minimum absolute atomic E-state index is 0.00575. The molecule has 5 rings (SSSR count). The molecule has 0 bridgehead atoms. The summed E-state index contributed by atoms with van der Waals surface area (Å²) in [6.07, 6.45) is 1.01. The molecule has 5 N–H and O–H groups in total. The third-order valence-corrected chi connectivity index (χ3v) is 7.18. The van der Waals surface area contributed by atoms with E-state index in [1.54, 1.807) is 0 Å². The van der Waals surface area contributed by atoms with Crippen molar-refractivity contribution in [3.8, 4) is 5.75 Å². The van der Waals surface area contributed by atoms with Gasteiger partial charge in [0.25, 0.3) is 5.91 Å². The number of hydrogen-bond donors (Lipinski definition) is 4. The van der Waals surface area contributed by atoms with Gasteiger partial charge < -0.3 is 25.8 Å². The average molecular weight is 481 g/mol. The summed E-state index contributed by atoms with van der Waals surface area (Å²) in [4.78, 5) is 76.1. The normalized spacial score (nSPS) is 29.7. The number of nitrogens with zero attached hydrogens (tertiary/aromatic N) is 1. The smallest absolute Gasteiger partial charge is 0.294 e. The number of nitrogens with one attached hydrogen (secondary N) is 1. The molecule has 180 valence electrons. The number of rotatable bonds is 3. The Morgan fingerprint density at radius 3 is 2.51 bits per heavy atom. The molecule has 0 saturated heterocycles. The molecule has 2 fully saturated rings. The highest BCUT2D eigenvalue weighted by molar-refractivity contribution is 6.31. The lowest BCUT2D eigenvalue weighted by molar-refractivity contribution is -0.175. The summed E-state index contributed by atoms with van der Waals surface area (Å²) in [6.45, 7) is 0. The zero-order valence-electron chi connectivity index (χ0n) is 18.0. The van der Waals surface area contributed by atoms with Crippen molar-refractivity contribution >= 4 is 40.6 Å². The van der Waals surface area contributed by atoms with E-state index in [-0.39, 0.29) is 29.9 Å². The third kappa shape index (κ3) is 3.13. The third-order valence-electron chi connectivity index (χ3n) is 7.18. The molecule has 1 aromatic heterocycles. The predicted molar refractivity (Wildman–Crippen MR) is 113 cm³/mol. The number of phenols is 1. The molecule has 3 aliphatic carbocycles. The van der Waals surface area contributed by atoms with Crippen molar-refractivity contribution in [2.75, 3.05) is 5.32 Å². The van der Waals surface area contributed by atoms with Crippen LogP contribution < -0.4 is 11.1 Å². The van der Waals surface area contributed by atoms with Gasteiger partial charge in [-0.3, -0.25) is 28.8 Å². The van der Waals surface area contributed by atoms with E-state index >= 15 is 0 Å². The van der Waals surface area contributed by atoms with Crippen LogP contribution in [-0.2, 0) is 25.6 Å². The number of Topliss-reactive ketones (excluding diaryl/α,β-unsaturated/α-hetero) is 4. The molecule has 12 heteroatoms. The van der Waals surface area contributed by atoms with E-state index in [0.717, 1.165) is 0 Å². The number of carbonyl (C=O) groups is 6. The van der Waals surface area contributed by atoms with E-state index in [1.165, 1.54) is 24.4 Å². The first-order chi connectivity index (χ1) is 16.6. The summed E-state index contributed by atoms with van der Waals surface area (Å²) < 4.78 is 4.76. The van der Waals surface area contributed by atoms with Crippen LogP contribution in [0.15, 0.2) is 28.9 Å². The van der Waals surface area contributed by atoms with Crippen LogP contribution in [0.25, 0.3) is 0 Å². The second-order valence-corrected chi connectivity index (χ2v) is 9.07. The Bertz CT molecular complexity index is 1330. The highest BCUT2D eigenvalue weighted by Crippen LogP contribution is 2.50. The maximum atomic E-state index is 13.4. The number of amides is 2. The first kappa shape index (κ1) is 22.6. The van der Waals surface area contributed by atoms with Crippen molar-refractivity contribution < 1.29 is 43.5 Å². The van der Waals surface area contributed by atoms with E-state index in [2.05, 4.69) is 10.5 Å². The van der Waals surface area contributed by atoms with Crippen LogP contribution in [-0.4, -0.2) is 55.9 Å². The van der Waals surface area contributed by atoms with Crippen molar-refractivity contribution in [1.82, 2.24) is 5.16 Å². The number of nitrogens with two attached hydrogens (primary N) is 1. The van der Waals surface area contributed by atoms with Crippen LogP contribution in [0.4, 0.5) is 5.69 Å². The minimum Gasteiger partial charge on any atom is -0.505 e. The largest absolute Gasteiger partial charge is 0.505 e. The lowest BCUT2D eigenvalue weighted by Crippen LogP contribution is -2.68. The van der Waals surface area contributed by atoms with Gasteiger partial charge in [-0.15, -0.1) is 0 Å². The van der Waals surface area contributed by atoms with Gasteiger partial charge in [-0.25, -0.2) is 0 Å². The van der Waals surface area contributed by atoms with Gasteiger partial charge in [-0.2, -0.15) is 0 Å². The number of primary amides is 1. The zero-order valence-corrected chi connectivity index (χ0v) is 18.0. The number of anilines is 1. The van der Waals surface area contributed by atoms with Gasteiger partial charge in [-0.1, -0.05) is 11.2 Å². The number of phenolic OH excluding ortho intramolecular Hbond substituents is 1. The minimum atomic E-state index is -2.71. The Morgan fingerprint density at radius 1 is 1.11 bits per heavy atom. The maximum Gasteiger partial charge on any atom is 0.294 e. The molecule has 12 nitrogen and oxygen atoms in total. The van der Waals surface area contributed by atoms with Gasteiger partial charge in [0.15, 0.2) is 34.7 Å². The predicted octanol–water partition coefficient (Wildman–Crippen LogP) is -0.433. The summed E-state index contributed by atoms with van der Waals surface area (Å²) in [7, 11) is 0. The van der Waals surface area contributed by atoms with Gasteiger partial charge >= 0.3 is 0 Å². The van der Waals surface area contributed by atoms with Crippen LogP contribution >= 0.6 is 0 Å². The highest BCUT2D eigenvalue weighted by atomic mass is 16.5. The standard InChI is InChI=1S/C23H19N3O9/c24-21(32)16-12(27)7-10-6-9-5-8-1-2-11(26-22(33)13-3-4-25-35-13)17(28)14(8)18(29)15(9)19(30)23(10,34)20(16)31/h1-4,9-10,15-16,28,34H,5-7H2,(H2,24,32)(H,26,33)/t9-,10-,15?,16?,23-/m0/s1. The Labute approximate surface area is 196 Å². The molecule has 2 unspecified atom stereocenters. The SMILES string of the molecule is NC(=O)C1C(=O)C[C@@H]2C[C@@H]3Cc4ccc(NC(=O)c5ccno5)c(O)c4C(=O)C3C(=O)[C@]2(O)C1=O. The fourth-order valence-corrected chi connectivity index (χ4v) is 5.56. The first-order valence-corrected chi connectivity index (χ1v) is 10.8. The number of benzene rings is 1. The Hall–Kier alpha value is -4.19. The molecule has 0 spiro atoms. The summed E-state index contributed by atoms with van der Waals surface area (Å²) in [5.74, 6) is -11.9. The molecule has 35 heavy (non-hydrogen) atoms. The van der Waals surface area contributed by atoms with Crippen molar-refractivity contribution in [1.29, 1.82) is 0 Å². The van der Waals surface area contributed by atoms with Gasteiger partial charge in [0, 0.05) is 18.4 Å². The molecule has 0 aliphatic heterocycles. The lowest BCUT2D eigenvalue weighted by atomic mass is 9.54. The molecule has 2 amide bonds. The van der Waals surface area contributed by atoms with Crippen LogP contribution in [0.5, 0.6) is 5.75 Å². The van der Waals surface area contributed by atoms with Gasteiger partial charge in [-0.05, 0) is 30.4 Å². The number of hydrogen-bond acceptors (Lipinski definition) is 10. The Balaban J connectivity index is 1.51. The van der Waals surface area contributed by atoms with E-state index in [0.29, 0.717) is 5.56 Å². The van der Waals surface area contributed by atoms with Crippen molar-refractivity contribution in [3.63, 3.8) is 0 Å². The second kappa shape index (κ2) is 7.67. The van der Waals surface area contributed by atoms with Crippen LogP contribution in [0.2, 0.25) is 0 Å². The highest BCUT2D eigenvalue weighted by Gasteiger charge is 2.66. The number of aromatic hydroxyl groups is 1. The maximum absolute atomic E-state index is 13.4. The molecule has 2 aromatic rings. The Morgan fingerprint density at radius 2 is 1.86 bits per heavy atom. The fourth-order valence-electron chi connectivity index (χ4n) is 5.56. The summed E-state index contributed by atoms with van der Waals surface area (Å²) in [6, 6.07) is 4.20. The van der Waals surface area contributed by atoms with Crippen molar-refractivity contribution in [2.45, 2.75) is 24.9 Å². The molecule has 1 heterocycles. The van der Waals surface area contributed by atoms with Gasteiger partial charge in [0.2, 0.25) is 11.7 Å². The molecule has 0 radical (unpaired) electrons. The second-order valence-electron chi connectivity index (χ2n) is 9.07. The molecule has 3 aliphatic rings. The van der Waals surface area contributed by atoms with Gasteiger partial charge in [0.1, 0.15) is 5.75 Å². The topological polar surface area (TPSA) is 207 Å².